The van der Waals surface area contributed by atoms with Gasteiger partial charge in [0.25, 0.3) is 0 Å². The molecule has 2 N–H and O–H groups in total. The van der Waals surface area contributed by atoms with Gasteiger partial charge in [0.05, 0.1) is 5.75 Å². The van der Waals surface area contributed by atoms with Crippen LogP contribution < -0.4 is 5.84 Å². The maximum atomic E-state index is 11.5. The Morgan fingerprint density at radius 3 is 2.67 bits per heavy atom. The van der Waals surface area contributed by atoms with E-state index < -0.39 is 9.84 Å². The van der Waals surface area contributed by atoms with Crippen molar-refractivity contribution in [1.82, 2.24) is 9.91 Å². The van der Waals surface area contributed by atoms with Crippen molar-refractivity contribution in [2.45, 2.75) is 13.3 Å². The Bertz CT molecular complexity index is 328. The molecule has 15 heavy (non-hydrogen) atoms. The van der Waals surface area contributed by atoms with Gasteiger partial charge in [-0.15, -0.1) is 0 Å². The molecular formula is C8H17N3O3S. The third kappa shape index (κ3) is 3.35. The molecule has 2 amide bonds. The summed E-state index contributed by atoms with van der Waals surface area (Å²) in [6, 6.07) is -0.285. The van der Waals surface area contributed by atoms with Crippen LogP contribution in [0.3, 0.4) is 0 Å². The number of nitrogens with zero attached hydrogens (tertiary/aromatic N) is 2. The van der Waals surface area contributed by atoms with Gasteiger partial charge in [0, 0.05) is 25.4 Å². The number of nitrogens with two attached hydrogens (primary N) is 1. The van der Waals surface area contributed by atoms with Crippen LogP contribution in [0.2, 0.25) is 0 Å². The van der Waals surface area contributed by atoms with E-state index in [-0.39, 0.29) is 24.1 Å². The van der Waals surface area contributed by atoms with Gasteiger partial charge in [-0.3, -0.25) is 5.01 Å². The van der Waals surface area contributed by atoms with Crippen molar-refractivity contribution < 1.29 is 13.2 Å². The molecule has 0 unspecified atom stereocenters. The first-order chi connectivity index (χ1) is 6.96. The van der Waals surface area contributed by atoms with Crippen LogP contribution in [-0.2, 0) is 9.84 Å². The number of hydrogen-bond acceptors (Lipinski definition) is 4. The van der Waals surface area contributed by atoms with E-state index in [4.69, 9.17) is 5.84 Å². The van der Waals surface area contributed by atoms with Crippen LogP contribution in [0, 0.1) is 0 Å². The lowest BCUT2D eigenvalue weighted by atomic mass is 10.3. The highest BCUT2D eigenvalue weighted by atomic mass is 32.2. The molecule has 1 heterocycles. The van der Waals surface area contributed by atoms with E-state index in [9.17, 15) is 13.2 Å². The molecule has 1 aliphatic heterocycles. The third-order valence-electron chi connectivity index (χ3n) is 2.46. The Morgan fingerprint density at radius 2 is 2.07 bits per heavy atom. The molecule has 0 aromatic carbocycles. The highest BCUT2D eigenvalue weighted by Crippen LogP contribution is 2.05. The summed E-state index contributed by atoms with van der Waals surface area (Å²) in [6.07, 6.45) is 0.786. The molecule has 0 radical (unpaired) electrons. The fourth-order valence-corrected chi connectivity index (χ4v) is 2.19. The minimum atomic E-state index is -3.01. The summed E-state index contributed by atoms with van der Waals surface area (Å²) in [4.78, 5) is 12.9. The third-order valence-corrected chi connectivity index (χ3v) is 4.14. The quantitative estimate of drug-likeness (QED) is 0.522. The number of rotatable bonds is 4. The second kappa shape index (κ2) is 4.80. The van der Waals surface area contributed by atoms with Gasteiger partial charge in [-0.25, -0.2) is 19.1 Å². The second-order valence-corrected chi connectivity index (χ2v) is 6.03. The van der Waals surface area contributed by atoms with Crippen molar-refractivity contribution in [2.75, 3.05) is 31.1 Å². The van der Waals surface area contributed by atoms with Gasteiger partial charge in [0.15, 0.2) is 9.84 Å². The summed E-state index contributed by atoms with van der Waals surface area (Å²) in [5.74, 6) is 5.56. The van der Waals surface area contributed by atoms with Crippen molar-refractivity contribution in [3.8, 4) is 0 Å². The molecular weight excluding hydrogens is 218 g/mol. The zero-order valence-electron chi connectivity index (χ0n) is 8.85. The number of hydrogen-bond donors (Lipinski definition) is 1. The van der Waals surface area contributed by atoms with Crippen LogP contribution in [0.5, 0.6) is 0 Å². The number of carbonyl (C=O) groups excluding carboxylic acids is 1. The van der Waals surface area contributed by atoms with E-state index in [1.165, 1.54) is 4.90 Å². The van der Waals surface area contributed by atoms with Crippen molar-refractivity contribution in [1.29, 1.82) is 0 Å². The summed E-state index contributed by atoms with van der Waals surface area (Å²) >= 11 is 0. The summed E-state index contributed by atoms with van der Waals surface area (Å²) in [5.41, 5.74) is 0. The molecule has 0 spiro atoms. The zero-order chi connectivity index (χ0) is 11.5. The van der Waals surface area contributed by atoms with Crippen molar-refractivity contribution >= 4 is 15.9 Å². The molecule has 6 nitrogen and oxygen atoms in total. The normalized spacial score (nSPS) is 18.4. The Hall–Kier alpha value is -0.820. The van der Waals surface area contributed by atoms with Crippen LogP contribution in [0.4, 0.5) is 4.79 Å². The van der Waals surface area contributed by atoms with Gasteiger partial charge in [-0.2, -0.15) is 0 Å². The van der Waals surface area contributed by atoms with E-state index >= 15 is 0 Å². The van der Waals surface area contributed by atoms with Gasteiger partial charge in [0.2, 0.25) is 0 Å². The van der Waals surface area contributed by atoms with Crippen molar-refractivity contribution in [3.63, 3.8) is 0 Å². The van der Waals surface area contributed by atoms with Crippen LogP contribution in [0.15, 0.2) is 0 Å². The largest absolute Gasteiger partial charge is 0.334 e. The summed E-state index contributed by atoms with van der Waals surface area (Å²) in [5, 5.41) is 1.13. The Morgan fingerprint density at radius 1 is 1.40 bits per heavy atom. The number of urea groups is 1. The summed E-state index contributed by atoms with van der Waals surface area (Å²) in [6.45, 7) is 2.97. The van der Waals surface area contributed by atoms with E-state index in [0.29, 0.717) is 13.1 Å². The summed E-state index contributed by atoms with van der Waals surface area (Å²) in [7, 11) is -3.01. The average Bonchev–Trinajstić information content (AvgIpc) is 2.20. The number of hydrazine groups is 1. The van der Waals surface area contributed by atoms with Crippen molar-refractivity contribution in [3.05, 3.63) is 0 Å². The van der Waals surface area contributed by atoms with E-state index in [0.717, 1.165) is 11.4 Å². The molecule has 7 heteroatoms. The van der Waals surface area contributed by atoms with Crippen LogP contribution in [-0.4, -0.2) is 55.5 Å². The van der Waals surface area contributed by atoms with E-state index in [1.54, 1.807) is 6.92 Å². The van der Waals surface area contributed by atoms with E-state index in [2.05, 4.69) is 0 Å². The van der Waals surface area contributed by atoms with Gasteiger partial charge >= 0.3 is 6.03 Å². The minimum absolute atomic E-state index is 0.0169. The standard InChI is InChI=1S/C8H17N3O3S/c1-2-15(13,14)7-6-10-4-3-5-11(9)8(10)12/h2-7,9H2,1H3. The summed E-state index contributed by atoms with van der Waals surface area (Å²) < 4.78 is 22.5. The molecule has 0 bridgehead atoms. The minimum Gasteiger partial charge on any atom is -0.322 e. The van der Waals surface area contributed by atoms with Gasteiger partial charge in [0.1, 0.15) is 0 Å². The van der Waals surface area contributed by atoms with Gasteiger partial charge in [-0.05, 0) is 6.42 Å². The molecule has 1 fully saturated rings. The zero-order valence-corrected chi connectivity index (χ0v) is 9.66. The predicted molar refractivity (Wildman–Crippen MR) is 56.8 cm³/mol. The Balaban J connectivity index is 2.48. The van der Waals surface area contributed by atoms with E-state index in [1.807, 2.05) is 0 Å². The molecule has 0 atom stereocenters. The predicted octanol–water partition coefficient (Wildman–Crippen LogP) is -0.577. The highest BCUT2D eigenvalue weighted by Gasteiger charge is 2.24. The molecule has 88 valence electrons. The first kappa shape index (κ1) is 12.3. The molecule has 1 aliphatic rings. The topological polar surface area (TPSA) is 83.7 Å². The lowest BCUT2D eigenvalue weighted by molar-refractivity contribution is 0.133. The molecule has 1 saturated heterocycles. The van der Waals surface area contributed by atoms with Crippen LogP contribution >= 0.6 is 0 Å². The smallest absolute Gasteiger partial charge is 0.322 e. The Kier molecular flexibility index (Phi) is 3.92. The number of amides is 2. The molecule has 1 rings (SSSR count). The monoisotopic (exact) mass is 235 g/mol. The first-order valence-electron chi connectivity index (χ1n) is 4.98. The maximum Gasteiger partial charge on any atom is 0.334 e. The number of sulfone groups is 1. The molecule has 0 aliphatic carbocycles. The van der Waals surface area contributed by atoms with Crippen LogP contribution in [0.1, 0.15) is 13.3 Å². The second-order valence-electron chi connectivity index (χ2n) is 3.55. The maximum absolute atomic E-state index is 11.5. The first-order valence-corrected chi connectivity index (χ1v) is 6.80. The number of carbonyl (C=O) groups is 1. The lowest BCUT2D eigenvalue weighted by Gasteiger charge is -2.32. The van der Waals surface area contributed by atoms with Gasteiger partial charge < -0.3 is 4.90 Å². The van der Waals surface area contributed by atoms with Crippen molar-refractivity contribution in [2.24, 2.45) is 5.84 Å². The van der Waals surface area contributed by atoms with Crippen LogP contribution in [0.25, 0.3) is 0 Å². The molecule has 0 aromatic rings. The molecule has 0 saturated carbocycles. The lowest BCUT2D eigenvalue weighted by Crippen LogP contribution is -2.53. The molecule has 0 aromatic heterocycles. The SMILES string of the molecule is CCS(=O)(=O)CCN1CCCN(N)C1=O. The van der Waals surface area contributed by atoms with Gasteiger partial charge in [-0.1, -0.05) is 6.92 Å². The highest BCUT2D eigenvalue weighted by molar-refractivity contribution is 7.91. The fraction of sp³-hybridized carbons (Fsp3) is 0.875. The Labute approximate surface area is 89.9 Å². The fourth-order valence-electron chi connectivity index (χ4n) is 1.41. The average molecular weight is 235 g/mol.